The summed E-state index contributed by atoms with van der Waals surface area (Å²) < 4.78 is 2.58. The fraction of sp³-hybridized carbons (Fsp3) is 1.00. The Balaban J connectivity index is 5.53. The van der Waals surface area contributed by atoms with Crippen molar-refractivity contribution in [1.82, 2.24) is 1.33 Å². The van der Waals surface area contributed by atoms with Gasteiger partial charge in [0, 0.05) is 45.7 Å². The summed E-state index contributed by atoms with van der Waals surface area (Å²) in [6, 6.07) is 0. The first kappa shape index (κ1) is 24.0. The van der Waals surface area contributed by atoms with E-state index in [4.69, 9.17) is 0 Å². The Bertz CT molecular complexity index is 251. The van der Waals surface area contributed by atoms with Gasteiger partial charge >= 0.3 is 0 Å². The summed E-state index contributed by atoms with van der Waals surface area (Å²) in [7, 11) is 0. The predicted molar refractivity (Wildman–Crippen MR) is 167 cm³/mol. The highest BCUT2D eigenvalue weighted by molar-refractivity contribution is 14.3. The minimum Gasteiger partial charge on any atom is -0.160 e. The van der Waals surface area contributed by atoms with Crippen molar-refractivity contribution < 1.29 is 0 Å². The third kappa shape index (κ3) is 5.77. The smallest absolute Gasteiger partial charge is 0.160 e. The van der Waals surface area contributed by atoms with E-state index >= 15 is 0 Å². The lowest BCUT2D eigenvalue weighted by Gasteiger charge is -2.48. The number of hydrogen-bond donors (Lipinski definition) is 0. The van der Waals surface area contributed by atoms with Crippen molar-refractivity contribution in [2.75, 3.05) is 0 Å². The molecule has 0 saturated carbocycles. The zero-order chi connectivity index (χ0) is 13.6. The van der Waals surface area contributed by atoms with Gasteiger partial charge in [-0.1, -0.05) is 158 Å². The lowest BCUT2D eigenvalue weighted by molar-refractivity contribution is 0.696. The Labute approximate surface area is 246 Å². The van der Waals surface area contributed by atoms with Gasteiger partial charge in [0.05, 0.1) is 0 Å². The van der Waals surface area contributed by atoms with E-state index < -0.39 is 0 Å². The van der Waals surface area contributed by atoms with Crippen molar-refractivity contribution >= 4 is 249 Å². The van der Waals surface area contributed by atoms with Gasteiger partial charge in [-0.3, -0.25) is 0 Å². The van der Waals surface area contributed by atoms with Crippen molar-refractivity contribution in [3.63, 3.8) is 0 Å². The van der Waals surface area contributed by atoms with Crippen molar-refractivity contribution in [2.24, 2.45) is 0 Å². The van der Waals surface area contributed by atoms with E-state index in [1.54, 1.807) is 0 Å². The van der Waals surface area contributed by atoms with Crippen LogP contribution in [0.5, 0.6) is 0 Å². The Morgan fingerprint density at radius 1 is 0.562 bits per heavy atom. The van der Waals surface area contributed by atoms with Crippen LogP contribution in [0.4, 0.5) is 0 Å². The van der Waals surface area contributed by atoms with Gasteiger partial charge in [0.1, 0.15) is 2.29 Å². The number of hydrogen-bond acceptors (Lipinski definition) is 1. The molecule has 0 N–H and O–H groups in total. The van der Waals surface area contributed by atoms with Gasteiger partial charge in [-0.05, 0) is 45.2 Å². The Kier molecular flexibility index (Phi) is 13.6. The van der Waals surface area contributed by atoms with E-state index in [2.05, 4.69) is 250 Å². The Morgan fingerprint density at radius 2 is 0.875 bits per heavy atom. The molecule has 0 atom stereocenters. The van der Waals surface area contributed by atoms with Crippen LogP contribution in [-0.4, -0.2) is 5.17 Å². The van der Waals surface area contributed by atoms with Gasteiger partial charge < -0.3 is 0 Å². The van der Waals surface area contributed by atoms with E-state index in [1.165, 1.54) is 0 Å². The second kappa shape index (κ2) is 9.08. The van der Waals surface area contributed by atoms with Crippen molar-refractivity contribution in [2.45, 2.75) is 3.84 Å². The molecule has 16 heavy (non-hydrogen) atoms. The SMILES string of the molecule is IN(I)C(I)(I)C(I)(I)C(I)(I)C(I)(I)I. The lowest BCUT2D eigenvalue weighted by atomic mass is 10.3. The highest BCUT2D eigenvalue weighted by atomic mass is 127. The molecule has 0 amide bonds. The van der Waals surface area contributed by atoms with E-state index in [-0.39, 0.29) is 3.84 Å². The fourth-order valence-electron chi connectivity index (χ4n) is 0.473. The second-order valence-electron chi connectivity index (χ2n) is 2.42. The summed E-state index contributed by atoms with van der Waals surface area (Å²) in [5.41, 5.74) is 0. The third-order valence-corrected chi connectivity index (χ3v) is 32.4. The van der Waals surface area contributed by atoms with Crippen molar-refractivity contribution in [3.8, 4) is 0 Å². The molecule has 0 aromatic carbocycles. The number of rotatable bonds is 4. The van der Waals surface area contributed by atoms with E-state index in [0.29, 0.717) is 0 Å². The third-order valence-electron chi connectivity index (χ3n) is 1.34. The van der Waals surface area contributed by atoms with Crippen LogP contribution in [0.15, 0.2) is 0 Å². The highest BCUT2D eigenvalue weighted by Gasteiger charge is 2.65. The number of alkyl halides is 9. The topological polar surface area (TPSA) is 3.24 Å². The van der Waals surface area contributed by atoms with Crippen LogP contribution in [0, 0.1) is 0 Å². The molecule has 98 valence electrons. The number of nitrogens with zero attached hydrogens (tertiary/aromatic N) is 1. The van der Waals surface area contributed by atoms with Crippen LogP contribution in [0.1, 0.15) is 0 Å². The molecule has 0 spiro atoms. The highest BCUT2D eigenvalue weighted by Crippen LogP contribution is 2.71. The van der Waals surface area contributed by atoms with Gasteiger partial charge in [0.25, 0.3) is 0 Å². The molecule has 0 fully saturated rings. The second-order valence-corrected chi connectivity index (χ2v) is 33.0. The molecule has 0 aliphatic heterocycles. The maximum atomic E-state index is 2.59. The summed E-state index contributed by atoms with van der Waals surface area (Å²) in [4.78, 5) is 0. The fourth-order valence-corrected chi connectivity index (χ4v) is 12.3. The van der Waals surface area contributed by atoms with Crippen molar-refractivity contribution in [3.05, 3.63) is 0 Å². The van der Waals surface area contributed by atoms with Crippen LogP contribution in [0.3, 0.4) is 0 Å². The molecule has 12 heteroatoms. The minimum atomic E-state index is 0.0277. The summed E-state index contributed by atoms with van der Waals surface area (Å²) >= 11 is 27.7. The molecule has 0 heterocycles. The molecule has 0 aliphatic rings. The predicted octanol–water partition coefficient (Wildman–Crippen LogP) is 8.60. The molecule has 1 nitrogen and oxygen atoms in total. The maximum Gasteiger partial charge on any atom is 0.168 e. The maximum absolute atomic E-state index is 2.59. The van der Waals surface area contributed by atoms with Crippen molar-refractivity contribution in [1.29, 1.82) is 0 Å². The average molecular weight is 1460 g/mol. The van der Waals surface area contributed by atoms with E-state index in [0.717, 1.165) is 0 Å². The molecule has 0 unspecified atom stereocenters. The van der Waals surface area contributed by atoms with Crippen LogP contribution < -0.4 is 0 Å². The summed E-state index contributed by atoms with van der Waals surface area (Å²) in [5, 5.41) is 0. The summed E-state index contributed by atoms with van der Waals surface area (Å²) in [6.07, 6.45) is 0. The van der Waals surface area contributed by atoms with E-state index in [9.17, 15) is 0 Å². The molecular formula is C4I11N. The van der Waals surface area contributed by atoms with Gasteiger partial charge in [-0.2, -0.15) is 1.33 Å². The van der Waals surface area contributed by atoms with Gasteiger partial charge in [0.2, 0.25) is 0 Å². The minimum absolute atomic E-state index is 0.0277. The summed E-state index contributed by atoms with van der Waals surface area (Å²) in [5.74, 6) is 0. The van der Waals surface area contributed by atoms with E-state index in [1.807, 2.05) is 0 Å². The largest absolute Gasteiger partial charge is 0.168 e. The summed E-state index contributed by atoms with van der Waals surface area (Å²) in [6.45, 7) is 0. The first-order valence-corrected chi connectivity index (χ1v) is 14.7. The average Bonchev–Trinajstić information content (AvgIpc) is 2.00. The Hall–Kier alpha value is 7.99. The molecule has 0 aliphatic carbocycles. The van der Waals surface area contributed by atoms with Gasteiger partial charge in [-0.15, -0.1) is 0 Å². The molecule has 0 rings (SSSR count). The first-order valence-electron chi connectivity index (χ1n) is 3.01. The molecule has 0 radical (unpaired) electrons. The van der Waals surface area contributed by atoms with Gasteiger partial charge in [-0.25, -0.2) is 0 Å². The zero-order valence-electron chi connectivity index (χ0n) is 6.60. The molecule has 0 saturated heterocycles. The van der Waals surface area contributed by atoms with Crippen LogP contribution in [0.2, 0.25) is 0 Å². The van der Waals surface area contributed by atoms with Gasteiger partial charge in [0.15, 0.2) is 1.55 Å². The molecular weight excluding hydrogens is 1460 g/mol. The molecule has 0 bridgehead atoms. The van der Waals surface area contributed by atoms with Crippen LogP contribution >= 0.6 is 249 Å². The number of halogens is 11. The zero-order valence-corrected chi connectivity index (χ0v) is 30.3. The Morgan fingerprint density at radius 3 is 1.06 bits per heavy atom. The molecule has 0 aromatic rings. The monoisotopic (exact) mass is 1460 g/mol. The standard InChI is InChI=1S/C4I11N/c5-1(6,3(9,10)11)2(7,8)4(12,13)16(14)15. The quantitative estimate of drug-likeness (QED) is 0.118. The molecule has 0 aromatic heterocycles. The lowest BCUT2D eigenvalue weighted by Crippen LogP contribution is -2.56. The first-order chi connectivity index (χ1) is 6.69. The normalized spacial score (nSPS) is 15.8. The van der Waals surface area contributed by atoms with Crippen LogP contribution in [0.25, 0.3) is 0 Å². The van der Waals surface area contributed by atoms with Crippen LogP contribution in [-0.2, 0) is 0 Å².